The van der Waals surface area contributed by atoms with Crippen molar-refractivity contribution in [3.05, 3.63) is 35.4 Å². The summed E-state index contributed by atoms with van der Waals surface area (Å²) in [5, 5.41) is 6.49. The van der Waals surface area contributed by atoms with Crippen molar-refractivity contribution in [1.29, 1.82) is 0 Å². The van der Waals surface area contributed by atoms with Gasteiger partial charge in [0.2, 0.25) is 5.91 Å². The molecule has 104 valence electrons. The second-order valence-corrected chi connectivity index (χ2v) is 6.03. The summed E-state index contributed by atoms with van der Waals surface area (Å²) in [5.41, 5.74) is 2.50. The SMILES string of the molecule is Cc1cccc(CC(=O)NCC2(C)CCCNC2)c1. The van der Waals surface area contributed by atoms with Gasteiger partial charge in [0.1, 0.15) is 0 Å². The molecule has 0 bridgehead atoms. The Bertz CT molecular complexity index is 436. The number of aryl methyl sites for hydroxylation is 1. The molecule has 2 N–H and O–H groups in total. The summed E-state index contributed by atoms with van der Waals surface area (Å²) in [6, 6.07) is 8.14. The number of benzene rings is 1. The fourth-order valence-electron chi connectivity index (χ4n) is 2.65. The van der Waals surface area contributed by atoms with Crippen LogP contribution >= 0.6 is 0 Å². The lowest BCUT2D eigenvalue weighted by atomic mass is 9.83. The number of carbonyl (C=O) groups excluding carboxylic acids is 1. The van der Waals surface area contributed by atoms with E-state index in [4.69, 9.17) is 0 Å². The zero-order valence-corrected chi connectivity index (χ0v) is 12.0. The molecule has 1 unspecified atom stereocenters. The van der Waals surface area contributed by atoms with Crippen molar-refractivity contribution in [2.45, 2.75) is 33.1 Å². The maximum atomic E-state index is 12.0. The van der Waals surface area contributed by atoms with Gasteiger partial charge in [-0.3, -0.25) is 4.79 Å². The van der Waals surface area contributed by atoms with Crippen LogP contribution in [0.3, 0.4) is 0 Å². The predicted molar refractivity (Wildman–Crippen MR) is 78.1 cm³/mol. The fraction of sp³-hybridized carbons (Fsp3) is 0.562. The highest BCUT2D eigenvalue weighted by molar-refractivity contribution is 5.78. The van der Waals surface area contributed by atoms with Crippen molar-refractivity contribution in [2.24, 2.45) is 5.41 Å². The number of hydrogen-bond acceptors (Lipinski definition) is 2. The quantitative estimate of drug-likeness (QED) is 0.870. The van der Waals surface area contributed by atoms with E-state index in [1.165, 1.54) is 18.4 Å². The lowest BCUT2D eigenvalue weighted by Gasteiger charge is -2.34. The monoisotopic (exact) mass is 260 g/mol. The summed E-state index contributed by atoms with van der Waals surface area (Å²) >= 11 is 0. The zero-order chi connectivity index (χ0) is 13.7. The Morgan fingerprint density at radius 1 is 1.47 bits per heavy atom. The highest BCUT2D eigenvalue weighted by Gasteiger charge is 2.26. The first kappa shape index (κ1) is 14.1. The second-order valence-electron chi connectivity index (χ2n) is 6.03. The third-order valence-electron chi connectivity index (χ3n) is 3.85. The van der Waals surface area contributed by atoms with E-state index in [1.54, 1.807) is 0 Å². The molecular weight excluding hydrogens is 236 g/mol. The average Bonchev–Trinajstić information content (AvgIpc) is 2.38. The van der Waals surface area contributed by atoms with Crippen molar-refractivity contribution in [1.82, 2.24) is 10.6 Å². The van der Waals surface area contributed by atoms with Crippen LogP contribution in [-0.2, 0) is 11.2 Å². The van der Waals surface area contributed by atoms with Gasteiger partial charge in [-0.1, -0.05) is 36.8 Å². The summed E-state index contributed by atoms with van der Waals surface area (Å²) in [6.45, 7) is 7.16. The Labute approximate surface area is 115 Å². The van der Waals surface area contributed by atoms with Crippen LogP contribution in [0.2, 0.25) is 0 Å². The molecule has 19 heavy (non-hydrogen) atoms. The molecule has 1 aromatic rings. The first-order valence-electron chi connectivity index (χ1n) is 7.10. The van der Waals surface area contributed by atoms with Gasteiger partial charge in [-0.15, -0.1) is 0 Å². The third kappa shape index (κ3) is 4.35. The van der Waals surface area contributed by atoms with Gasteiger partial charge in [0.15, 0.2) is 0 Å². The lowest BCUT2D eigenvalue weighted by molar-refractivity contribution is -0.121. The van der Waals surface area contributed by atoms with Gasteiger partial charge in [-0.25, -0.2) is 0 Å². The van der Waals surface area contributed by atoms with E-state index in [0.717, 1.165) is 25.2 Å². The lowest BCUT2D eigenvalue weighted by Crippen LogP contribution is -2.45. The molecule has 1 aliphatic heterocycles. The Kier molecular flexibility index (Phi) is 4.59. The molecule has 1 fully saturated rings. The highest BCUT2D eigenvalue weighted by atomic mass is 16.1. The van der Waals surface area contributed by atoms with Crippen molar-refractivity contribution in [2.75, 3.05) is 19.6 Å². The first-order valence-corrected chi connectivity index (χ1v) is 7.10. The molecule has 3 heteroatoms. The molecule has 1 saturated heterocycles. The Morgan fingerprint density at radius 3 is 3.00 bits per heavy atom. The summed E-state index contributed by atoms with van der Waals surface area (Å²) < 4.78 is 0. The van der Waals surface area contributed by atoms with Gasteiger partial charge in [-0.05, 0) is 37.3 Å². The number of carbonyl (C=O) groups is 1. The van der Waals surface area contributed by atoms with Crippen molar-refractivity contribution in [3.63, 3.8) is 0 Å². The van der Waals surface area contributed by atoms with Crippen LogP contribution in [-0.4, -0.2) is 25.5 Å². The van der Waals surface area contributed by atoms with Gasteiger partial charge in [0, 0.05) is 13.1 Å². The largest absolute Gasteiger partial charge is 0.355 e. The minimum atomic E-state index is 0.123. The zero-order valence-electron chi connectivity index (χ0n) is 12.0. The predicted octanol–water partition coefficient (Wildman–Crippen LogP) is 2.04. The van der Waals surface area contributed by atoms with Crippen LogP contribution in [0.1, 0.15) is 30.9 Å². The van der Waals surface area contributed by atoms with E-state index in [1.807, 2.05) is 12.1 Å². The summed E-state index contributed by atoms with van der Waals surface area (Å²) in [7, 11) is 0. The molecule has 1 aliphatic rings. The molecule has 0 saturated carbocycles. The minimum absolute atomic E-state index is 0.123. The Balaban J connectivity index is 1.81. The third-order valence-corrected chi connectivity index (χ3v) is 3.85. The Morgan fingerprint density at radius 2 is 2.32 bits per heavy atom. The summed E-state index contributed by atoms with van der Waals surface area (Å²) in [5.74, 6) is 0.123. The average molecular weight is 260 g/mol. The van der Waals surface area contributed by atoms with E-state index in [2.05, 4.69) is 36.6 Å². The van der Waals surface area contributed by atoms with E-state index >= 15 is 0 Å². The maximum absolute atomic E-state index is 12.0. The summed E-state index contributed by atoms with van der Waals surface area (Å²) in [4.78, 5) is 12.0. The molecule has 0 spiro atoms. The smallest absolute Gasteiger partial charge is 0.224 e. The molecule has 0 radical (unpaired) electrons. The number of rotatable bonds is 4. The molecule has 3 nitrogen and oxygen atoms in total. The van der Waals surface area contributed by atoms with Crippen molar-refractivity contribution in [3.8, 4) is 0 Å². The second kappa shape index (κ2) is 6.20. The van der Waals surface area contributed by atoms with Crippen LogP contribution in [0.25, 0.3) is 0 Å². The van der Waals surface area contributed by atoms with Crippen LogP contribution in [0, 0.1) is 12.3 Å². The van der Waals surface area contributed by atoms with Crippen LogP contribution < -0.4 is 10.6 Å². The number of piperidine rings is 1. The molecular formula is C16H24N2O. The van der Waals surface area contributed by atoms with Crippen molar-refractivity contribution >= 4 is 5.91 Å². The fourth-order valence-corrected chi connectivity index (χ4v) is 2.65. The summed E-state index contributed by atoms with van der Waals surface area (Å²) in [6.07, 6.45) is 2.86. The van der Waals surface area contributed by atoms with Crippen LogP contribution in [0.15, 0.2) is 24.3 Å². The molecule has 1 amide bonds. The number of hydrogen-bond donors (Lipinski definition) is 2. The molecule has 0 aliphatic carbocycles. The van der Waals surface area contributed by atoms with E-state index in [-0.39, 0.29) is 11.3 Å². The van der Waals surface area contributed by atoms with Crippen LogP contribution in [0.5, 0.6) is 0 Å². The van der Waals surface area contributed by atoms with Gasteiger partial charge in [0.05, 0.1) is 6.42 Å². The molecule has 0 aromatic heterocycles. The molecule has 1 atom stereocenters. The van der Waals surface area contributed by atoms with Gasteiger partial charge < -0.3 is 10.6 Å². The molecule has 2 rings (SSSR count). The molecule has 1 aromatic carbocycles. The van der Waals surface area contributed by atoms with Crippen LogP contribution in [0.4, 0.5) is 0 Å². The Hall–Kier alpha value is -1.35. The number of nitrogens with one attached hydrogen (secondary N) is 2. The highest BCUT2D eigenvalue weighted by Crippen LogP contribution is 2.24. The normalized spacial score (nSPS) is 23.1. The van der Waals surface area contributed by atoms with E-state index in [0.29, 0.717) is 6.42 Å². The van der Waals surface area contributed by atoms with E-state index in [9.17, 15) is 4.79 Å². The molecule has 1 heterocycles. The van der Waals surface area contributed by atoms with Gasteiger partial charge in [0.25, 0.3) is 0 Å². The standard InChI is InChI=1S/C16H24N2O/c1-13-5-3-6-14(9-13)10-15(19)18-12-16(2)7-4-8-17-11-16/h3,5-6,9,17H,4,7-8,10-12H2,1-2H3,(H,18,19). The minimum Gasteiger partial charge on any atom is -0.355 e. The van der Waals surface area contributed by atoms with Gasteiger partial charge in [-0.2, -0.15) is 0 Å². The first-order chi connectivity index (χ1) is 9.07. The van der Waals surface area contributed by atoms with Gasteiger partial charge >= 0.3 is 0 Å². The number of amides is 1. The van der Waals surface area contributed by atoms with E-state index < -0.39 is 0 Å². The topological polar surface area (TPSA) is 41.1 Å². The maximum Gasteiger partial charge on any atom is 0.224 e. The van der Waals surface area contributed by atoms with Crippen molar-refractivity contribution < 1.29 is 4.79 Å².